The molecule has 5 heteroatoms. The second-order valence-corrected chi connectivity index (χ2v) is 3.93. The average molecular weight is 233 g/mol. The van der Waals surface area contributed by atoms with E-state index in [1.807, 2.05) is 19.0 Å². The summed E-state index contributed by atoms with van der Waals surface area (Å²) >= 11 is 0. The first-order valence-corrected chi connectivity index (χ1v) is 4.79. The third-order valence-electron chi connectivity index (χ3n) is 2.08. The number of hydrogen-bond donors (Lipinski definition) is 1. The van der Waals surface area contributed by atoms with Crippen LogP contribution in [0.1, 0.15) is 17.2 Å². The minimum absolute atomic E-state index is 0.119. The summed E-state index contributed by atoms with van der Waals surface area (Å²) in [5.41, 5.74) is 0.623. The molecule has 1 atom stereocenters. The van der Waals surface area contributed by atoms with Gasteiger partial charge in [-0.1, -0.05) is 24.3 Å². The first kappa shape index (κ1) is 13.0. The number of hydrogen-bond acceptors (Lipinski definition) is 2. The lowest BCUT2D eigenvalue weighted by atomic mass is 10.1. The average Bonchev–Trinajstić information content (AvgIpc) is 2.14. The summed E-state index contributed by atoms with van der Waals surface area (Å²) in [5.74, 6) is 0. The normalized spacial score (nSPS) is 14.2. The largest absolute Gasteiger partial charge is 0.418 e. The Morgan fingerprint density at radius 2 is 1.94 bits per heavy atom. The monoisotopic (exact) mass is 233 g/mol. The number of alkyl halides is 3. The minimum atomic E-state index is -4.61. The van der Waals surface area contributed by atoms with Gasteiger partial charge in [-0.15, -0.1) is 0 Å². The predicted molar refractivity (Wildman–Crippen MR) is 54.8 cm³/mol. The Balaban J connectivity index is 2.90. The van der Waals surface area contributed by atoms with Crippen molar-refractivity contribution in [1.29, 1.82) is 0 Å². The zero-order chi connectivity index (χ0) is 12.3. The van der Waals surface area contributed by atoms with E-state index >= 15 is 0 Å². The van der Waals surface area contributed by atoms with E-state index in [1.54, 1.807) is 6.07 Å². The lowest BCUT2D eigenvalue weighted by Gasteiger charge is -2.16. The first-order valence-electron chi connectivity index (χ1n) is 4.79. The fourth-order valence-electron chi connectivity index (χ4n) is 1.42. The Bertz CT molecular complexity index is 349. The minimum Gasteiger partial charge on any atom is -0.379 e. The summed E-state index contributed by atoms with van der Waals surface area (Å²) in [4.78, 5) is 1.85. The summed E-state index contributed by atoms with van der Waals surface area (Å²) < 4.78 is 36.8. The highest BCUT2D eigenvalue weighted by Gasteiger charge is 2.39. The van der Waals surface area contributed by atoms with E-state index in [-0.39, 0.29) is 5.56 Å². The molecule has 0 heterocycles. The van der Waals surface area contributed by atoms with Crippen LogP contribution in [0.4, 0.5) is 13.2 Å². The molecule has 0 spiro atoms. The van der Waals surface area contributed by atoms with Crippen molar-refractivity contribution in [2.24, 2.45) is 0 Å². The molecular weight excluding hydrogens is 219 g/mol. The maximum absolute atomic E-state index is 12.3. The van der Waals surface area contributed by atoms with Crippen LogP contribution in [0.5, 0.6) is 0 Å². The molecule has 0 radical (unpaired) electrons. The van der Waals surface area contributed by atoms with Gasteiger partial charge in [0.2, 0.25) is 0 Å². The van der Waals surface area contributed by atoms with E-state index in [9.17, 15) is 13.2 Å². The lowest BCUT2D eigenvalue weighted by Crippen LogP contribution is -2.20. The topological polar surface area (TPSA) is 23.5 Å². The Kier molecular flexibility index (Phi) is 3.93. The van der Waals surface area contributed by atoms with E-state index in [1.165, 1.54) is 18.2 Å². The molecule has 2 nitrogen and oxygen atoms in total. The van der Waals surface area contributed by atoms with Crippen LogP contribution >= 0.6 is 0 Å². The van der Waals surface area contributed by atoms with Crippen molar-refractivity contribution in [2.75, 3.05) is 14.1 Å². The molecule has 0 aliphatic carbocycles. The van der Waals surface area contributed by atoms with Gasteiger partial charge >= 0.3 is 6.18 Å². The van der Waals surface area contributed by atoms with Crippen LogP contribution in [-0.4, -0.2) is 30.3 Å². The molecule has 1 rings (SSSR count). The molecule has 90 valence electrons. The van der Waals surface area contributed by atoms with Gasteiger partial charge in [-0.3, -0.25) is 0 Å². The smallest absolute Gasteiger partial charge is 0.379 e. The van der Waals surface area contributed by atoms with Crippen LogP contribution in [0.3, 0.4) is 0 Å². The van der Waals surface area contributed by atoms with Gasteiger partial charge in [0.05, 0.1) is 0 Å². The molecule has 0 amide bonds. The van der Waals surface area contributed by atoms with Gasteiger partial charge in [0.1, 0.15) is 0 Å². The van der Waals surface area contributed by atoms with Crippen LogP contribution in [0.15, 0.2) is 24.3 Å². The van der Waals surface area contributed by atoms with Crippen molar-refractivity contribution >= 4 is 0 Å². The highest BCUT2D eigenvalue weighted by Crippen LogP contribution is 2.32. The van der Waals surface area contributed by atoms with Crippen molar-refractivity contribution < 1.29 is 18.3 Å². The van der Waals surface area contributed by atoms with Crippen LogP contribution in [0, 0.1) is 0 Å². The summed E-state index contributed by atoms with van der Waals surface area (Å²) in [6.07, 6.45) is -7.02. The van der Waals surface area contributed by atoms with Gasteiger partial charge in [-0.25, -0.2) is 0 Å². The quantitative estimate of drug-likeness (QED) is 0.866. The maximum atomic E-state index is 12.3. The zero-order valence-corrected chi connectivity index (χ0v) is 9.12. The number of halogens is 3. The fraction of sp³-hybridized carbons (Fsp3) is 0.455. The van der Waals surface area contributed by atoms with Crippen LogP contribution in [0.2, 0.25) is 0 Å². The van der Waals surface area contributed by atoms with Crippen molar-refractivity contribution in [2.45, 2.75) is 18.8 Å². The van der Waals surface area contributed by atoms with E-state index in [0.29, 0.717) is 6.54 Å². The van der Waals surface area contributed by atoms with Crippen molar-refractivity contribution in [3.8, 4) is 0 Å². The third-order valence-corrected chi connectivity index (χ3v) is 2.08. The molecule has 0 unspecified atom stereocenters. The summed E-state index contributed by atoms with van der Waals surface area (Å²) in [5, 5.41) is 9.08. The lowest BCUT2D eigenvalue weighted by molar-refractivity contribution is -0.206. The molecule has 16 heavy (non-hydrogen) atoms. The van der Waals surface area contributed by atoms with Crippen molar-refractivity contribution in [3.05, 3.63) is 35.4 Å². The Morgan fingerprint density at radius 3 is 2.44 bits per heavy atom. The van der Waals surface area contributed by atoms with Gasteiger partial charge in [0.15, 0.2) is 6.10 Å². The number of benzene rings is 1. The molecule has 0 aromatic heterocycles. The van der Waals surface area contributed by atoms with Gasteiger partial charge in [-0.2, -0.15) is 13.2 Å². The number of aliphatic hydroxyl groups excluding tert-OH is 1. The molecule has 0 saturated heterocycles. The van der Waals surface area contributed by atoms with Gasteiger partial charge < -0.3 is 10.0 Å². The van der Waals surface area contributed by atoms with E-state index < -0.39 is 12.3 Å². The van der Waals surface area contributed by atoms with Gasteiger partial charge in [-0.05, 0) is 25.2 Å². The van der Waals surface area contributed by atoms with E-state index in [2.05, 4.69) is 0 Å². The zero-order valence-electron chi connectivity index (χ0n) is 9.12. The molecular formula is C11H14F3NO. The summed E-state index contributed by atoms with van der Waals surface area (Å²) in [6, 6.07) is 5.89. The van der Waals surface area contributed by atoms with E-state index in [4.69, 9.17) is 5.11 Å². The SMILES string of the molecule is CN(C)Cc1cccc([C@H](O)C(F)(F)F)c1. The Morgan fingerprint density at radius 1 is 1.31 bits per heavy atom. The molecule has 1 aromatic carbocycles. The van der Waals surface area contributed by atoms with Crippen molar-refractivity contribution in [1.82, 2.24) is 4.90 Å². The highest BCUT2D eigenvalue weighted by atomic mass is 19.4. The number of rotatable bonds is 3. The Labute approximate surface area is 92.3 Å². The van der Waals surface area contributed by atoms with E-state index in [0.717, 1.165) is 5.56 Å². The molecule has 1 aromatic rings. The summed E-state index contributed by atoms with van der Waals surface area (Å²) in [6.45, 7) is 0.540. The molecule has 0 aliphatic heterocycles. The molecule has 0 fully saturated rings. The number of nitrogens with zero attached hydrogens (tertiary/aromatic N) is 1. The third kappa shape index (κ3) is 3.50. The van der Waals surface area contributed by atoms with Crippen LogP contribution in [-0.2, 0) is 6.54 Å². The Hall–Kier alpha value is -1.07. The molecule has 0 bridgehead atoms. The fourth-order valence-corrected chi connectivity index (χ4v) is 1.42. The summed E-state index contributed by atoms with van der Waals surface area (Å²) in [7, 11) is 3.65. The highest BCUT2D eigenvalue weighted by molar-refractivity contribution is 5.25. The maximum Gasteiger partial charge on any atom is 0.418 e. The molecule has 0 aliphatic rings. The number of aliphatic hydroxyl groups is 1. The standard InChI is InChI=1S/C11H14F3NO/c1-15(2)7-8-4-3-5-9(6-8)10(16)11(12,13)14/h3-6,10,16H,7H2,1-2H3/t10-/m0/s1. The second-order valence-electron chi connectivity index (χ2n) is 3.93. The molecule has 1 N–H and O–H groups in total. The second kappa shape index (κ2) is 4.84. The van der Waals surface area contributed by atoms with Crippen LogP contribution < -0.4 is 0 Å². The van der Waals surface area contributed by atoms with Gasteiger partial charge in [0, 0.05) is 6.54 Å². The van der Waals surface area contributed by atoms with Crippen LogP contribution in [0.25, 0.3) is 0 Å². The first-order chi connectivity index (χ1) is 7.30. The van der Waals surface area contributed by atoms with Crippen molar-refractivity contribution in [3.63, 3.8) is 0 Å². The predicted octanol–water partition coefficient (Wildman–Crippen LogP) is 2.34. The van der Waals surface area contributed by atoms with Gasteiger partial charge in [0.25, 0.3) is 0 Å². The molecule has 0 saturated carbocycles.